The summed E-state index contributed by atoms with van der Waals surface area (Å²) in [6.07, 6.45) is 25.4. The van der Waals surface area contributed by atoms with Crippen molar-refractivity contribution >= 4 is 0 Å². The number of hydrogen-bond acceptors (Lipinski definition) is 2. The van der Waals surface area contributed by atoms with Crippen molar-refractivity contribution in [3.8, 4) is 0 Å². The molecule has 0 saturated heterocycles. The standard InChI is InChI=1S/C24H51NO/c1-4-5-6-7-8-9-10-11-12-13-14-15-16-17-18-20-23-26-24-21-19-22-25(2)3/h4-24H2,1-3H3. The Balaban J connectivity index is 2.97. The molecule has 2 heteroatoms. The van der Waals surface area contributed by atoms with Crippen LogP contribution < -0.4 is 0 Å². The second-order valence-corrected chi connectivity index (χ2v) is 8.43. The molecule has 0 bridgehead atoms. The first-order valence-corrected chi connectivity index (χ1v) is 12.0. The van der Waals surface area contributed by atoms with E-state index < -0.39 is 0 Å². The highest BCUT2D eigenvalue weighted by Gasteiger charge is 1.95. The summed E-state index contributed by atoms with van der Waals surface area (Å²) >= 11 is 0. The lowest BCUT2D eigenvalue weighted by Gasteiger charge is -2.09. The maximum atomic E-state index is 5.72. The van der Waals surface area contributed by atoms with E-state index in [2.05, 4.69) is 25.9 Å². The van der Waals surface area contributed by atoms with Gasteiger partial charge in [0.15, 0.2) is 0 Å². The van der Waals surface area contributed by atoms with E-state index in [9.17, 15) is 0 Å². The largest absolute Gasteiger partial charge is 0.381 e. The lowest BCUT2D eigenvalue weighted by Crippen LogP contribution is -2.13. The minimum atomic E-state index is 0.951. The summed E-state index contributed by atoms with van der Waals surface area (Å²) in [5.41, 5.74) is 0. The van der Waals surface area contributed by atoms with Gasteiger partial charge in [0.2, 0.25) is 0 Å². The average molecular weight is 370 g/mol. The highest BCUT2D eigenvalue weighted by molar-refractivity contribution is 4.50. The molecule has 0 N–H and O–H groups in total. The summed E-state index contributed by atoms with van der Waals surface area (Å²) < 4.78 is 5.72. The second-order valence-electron chi connectivity index (χ2n) is 8.43. The molecule has 0 aromatic carbocycles. The highest BCUT2D eigenvalue weighted by atomic mass is 16.5. The minimum Gasteiger partial charge on any atom is -0.381 e. The summed E-state index contributed by atoms with van der Waals surface area (Å²) in [6, 6.07) is 0. The van der Waals surface area contributed by atoms with Crippen LogP contribution in [0.5, 0.6) is 0 Å². The monoisotopic (exact) mass is 369 g/mol. The molecular formula is C24H51NO. The average Bonchev–Trinajstić information content (AvgIpc) is 2.62. The number of ether oxygens (including phenoxy) is 1. The van der Waals surface area contributed by atoms with Gasteiger partial charge in [0.25, 0.3) is 0 Å². The number of unbranched alkanes of at least 4 members (excludes halogenated alkanes) is 16. The molecule has 0 aliphatic carbocycles. The number of nitrogens with zero attached hydrogens (tertiary/aromatic N) is 1. The van der Waals surface area contributed by atoms with E-state index in [1.165, 1.54) is 122 Å². The minimum absolute atomic E-state index is 0.951. The molecule has 0 atom stereocenters. The van der Waals surface area contributed by atoms with Crippen molar-refractivity contribution in [2.75, 3.05) is 33.9 Å². The van der Waals surface area contributed by atoms with Crippen molar-refractivity contribution < 1.29 is 4.74 Å². The SMILES string of the molecule is CCCCCCCCCCCCCCCCCCOCCCCN(C)C. The molecule has 0 aliphatic heterocycles. The smallest absolute Gasteiger partial charge is 0.0466 e. The molecule has 0 radical (unpaired) electrons. The lowest BCUT2D eigenvalue weighted by molar-refractivity contribution is 0.124. The van der Waals surface area contributed by atoms with Crippen LogP contribution in [-0.4, -0.2) is 38.8 Å². The van der Waals surface area contributed by atoms with Crippen LogP contribution in [0, 0.1) is 0 Å². The lowest BCUT2D eigenvalue weighted by atomic mass is 10.0. The molecule has 0 spiro atoms. The molecule has 2 nitrogen and oxygen atoms in total. The fraction of sp³-hybridized carbons (Fsp3) is 1.00. The molecule has 0 amide bonds. The van der Waals surface area contributed by atoms with Crippen molar-refractivity contribution in [1.29, 1.82) is 0 Å². The van der Waals surface area contributed by atoms with Gasteiger partial charge in [0.05, 0.1) is 0 Å². The van der Waals surface area contributed by atoms with Crippen LogP contribution in [0.1, 0.15) is 122 Å². The van der Waals surface area contributed by atoms with Crippen molar-refractivity contribution in [3.63, 3.8) is 0 Å². The van der Waals surface area contributed by atoms with Gasteiger partial charge in [-0.2, -0.15) is 0 Å². The molecule has 0 rings (SSSR count). The Morgan fingerprint density at radius 1 is 0.462 bits per heavy atom. The fourth-order valence-electron chi connectivity index (χ4n) is 3.49. The Hall–Kier alpha value is -0.0800. The van der Waals surface area contributed by atoms with Gasteiger partial charge >= 0.3 is 0 Å². The summed E-state index contributed by atoms with van der Waals surface area (Å²) in [5, 5.41) is 0. The van der Waals surface area contributed by atoms with Gasteiger partial charge in [-0.1, -0.05) is 103 Å². The van der Waals surface area contributed by atoms with Crippen LogP contribution >= 0.6 is 0 Å². The second kappa shape index (κ2) is 23.0. The van der Waals surface area contributed by atoms with E-state index in [0.717, 1.165) is 13.2 Å². The first-order chi connectivity index (χ1) is 12.8. The van der Waals surface area contributed by atoms with Gasteiger partial charge in [0.1, 0.15) is 0 Å². The van der Waals surface area contributed by atoms with Crippen LogP contribution in [0.2, 0.25) is 0 Å². The van der Waals surface area contributed by atoms with Crippen molar-refractivity contribution in [2.24, 2.45) is 0 Å². The molecule has 0 aromatic heterocycles. The van der Waals surface area contributed by atoms with Crippen LogP contribution in [-0.2, 0) is 4.74 Å². The fourth-order valence-corrected chi connectivity index (χ4v) is 3.49. The van der Waals surface area contributed by atoms with Gasteiger partial charge < -0.3 is 9.64 Å². The van der Waals surface area contributed by atoms with E-state index in [4.69, 9.17) is 4.74 Å². The molecule has 0 saturated carbocycles. The van der Waals surface area contributed by atoms with E-state index in [1.54, 1.807) is 0 Å². The summed E-state index contributed by atoms with van der Waals surface area (Å²) in [7, 11) is 4.27. The molecular weight excluding hydrogens is 318 g/mol. The van der Waals surface area contributed by atoms with Crippen molar-refractivity contribution in [1.82, 2.24) is 4.90 Å². The van der Waals surface area contributed by atoms with Crippen LogP contribution in [0.15, 0.2) is 0 Å². The molecule has 0 unspecified atom stereocenters. The molecule has 0 fully saturated rings. The van der Waals surface area contributed by atoms with Gasteiger partial charge in [-0.05, 0) is 39.9 Å². The van der Waals surface area contributed by atoms with Gasteiger partial charge in [0, 0.05) is 13.2 Å². The third kappa shape index (κ3) is 23.9. The van der Waals surface area contributed by atoms with Crippen LogP contribution in [0.4, 0.5) is 0 Å². The molecule has 0 aromatic rings. The van der Waals surface area contributed by atoms with E-state index in [0.29, 0.717) is 0 Å². The predicted molar refractivity (Wildman–Crippen MR) is 118 cm³/mol. The highest BCUT2D eigenvalue weighted by Crippen LogP contribution is 2.13. The zero-order chi connectivity index (χ0) is 19.1. The summed E-state index contributed by atoms with van der Waals surface area (Å²) in [5.74, 6) is 0. The maximum Gasteiger partial charge on any atom is 0.0466 e. The summed E-state index contributed by atoms with van der Waals surface area (Å²) in [4.78, 5) is 2.25. The number of hydrogen-bond donors (Lipinski definition) is 0. The first-order valence-electron chi connectivity index (χ1n) is 12.0. The Bertz CT molecular complexity index is 242. The third-order valence-electron chi connectivity index (χ3n) is 5.29. The Kier molecular flexibility index (Phi) is 22.9. The van der Waals surface area contributed by atoms with E-state index in [-0.39, 0.29) is 0 Å². The van der Waals surface area contributed by atoms with Crippen molar-refractivity contribution in [2.45, 2.75) is 122 Å². The maximum absolute atomic E-state index is 5.72. The Morgan fingerprint density at radius 2 is 0.808 bits per heavy atom. The third-order valence-corrected chi connectivity index (χ3v) is 5.29. The molecule has 0 heterocycles. The molecule has 26 heavy (non-hydrogen) atoms. The zero-order valence-corrected chi connectivity index (χ0v) is 18.7. The summed E-state index contributed by atoms with van der Waals surface area (Å²) in [6.45, 7) is 5.40. The molecule has 0 aliphatic rings. The van der Waals surface area contributed by atoms with Gasteiger partial charge in [-0.25, -0.2) is 0 Å². The first kappa shape index (κ1) is 25.9. The normalized spacial score (nSPS) is 11.5. The Morgan fingerprint density at radius 3 is 1.19 bits per heavy atom. The molecule has 158 valence electrons. The van der Waals surface area contributed by atoms with Gasteiger partial charge in [-0.3, -0.25) is 0 Å². The van der Waals surface area contributed by atoms with Crippen LogP contribution in [0.25, 0.3) is 0 Å². The Labute approximate surface area is 166 Å². The van der Waals surface area contributed by atoms with Crippen molar-refractivity contribution in [3.05, 3.63) is 0 Å². The number of rotatable bonds is 22. The quantitative estimate of drug-likeness (QED) is 0.182. The van der Waals surface area contributed by atoms with E-state index in [1.807, 2.05) is 0 Å². The topological polar surface area (TPSA) is 12.5 Å². The predicted octanol–water partition coefficient (Wildman–Crippen LogP) is 7.61. The van der Waals surface area contributed by atoms with Gasteiger partial charge in [-0.15, -0.1) is 0 Å². The zero-order valence-electron chi connectivity index (χ0n) is 18.7. The van der Waals surface area contributed by atoms with Crippen LogP contribution in [0.3, 0.4) is 0 Å². The van der Waals surface area contributed by atoms with E-state index >= 15 is 0 Å².